The van der Waals surface area contributed by atoms with E-state index in [0.717, 1.165) is 35.5 Å². The van der Waals surface area contributed by atoms with Crippen molar-refractivity contribution in [1.82, 2.24) is 24.4 Å². The van der Waals surface area contributed by atoms with Crippen LogP contribution in [0, 0.1) is 0 Å². The number of fused-ring (bicyclic) bond motifs is 1. The van der Waals surface area contributed by atoms with Crippen LogP contribution in [0.15, 0.2) is 36.5 Å². The highest BCUT2D eigenvalue weighted by Crippen LogP contribution is 2.41. The number of nitrogens with zero attached hydrogens (tertiary/aromatic N) is 5. The third kappa shape index (κ3) is 3.88. The molecule has 4 aromatic rings. The number of anilines is 1. The van der Waals surface area contributed by atoms with Crippen LogP contribution >= 0.6 is 11.5 Å². The number of rotatable bonds is 3. The van der Waals surface area contributed by atoms with Gasteiger partial charge in [-0.3, -0.25) is 14.5 Å². The summed E-state index contributed by atoms with van der Waals surface area (Å²) in [5, 5.41) is 9.77. The van der Waals surface area contributed by atoms with Crippen LogP contribution in [0.5, 0.6) is 0 Å². The van der Waals surface area contributed by atoms with Crippen molar-refractivity contribution in [2.75, 3.05) is 5.32 Å². The predicted molar refractivity (Wildman–Crippen MR) is 102 cm³/mol. The number of amides is 1. The van der Waals surface area contributed by atoms with Gasteiger partial charge in [-0.05, 0) is 29.7 Å². The summed E-state index contributed by atoms with van der Waals surface area (Å²) in [6.07, 6.45) is -9.00. The fourth-order valence-electron chi connectivity index (χ4n) is 3.09. The van der Waals surface area contributed by atoms with Gasteiger partial charge in [0, 0.05) is 24.5 Å². The quantitative estimate of drug-likeness (QED) is 0.434. The molecule has 0 bridgehead atoms. The molecule has 0 unspecified atom stereocenters. The van der Waals surface area contributed by atoms with Crippen LogP contribution in [0.4, 0.5) is 32.0 Å². The number of carbonyl (C=O) groups is 1. The minimum absolute atomic E-state index is 0.0720. The average Bonchev–Trinajstić information content (AvgIpc) is 3.31. The normalized spacial score (nSPS) is 12.3. The third-order valence-electron chi connectivity index (χ3n) is 4.38. The van der Waals surface area contributed by atoms with Crippen LogP contribution in [0.2, 0.25) is 0 Å². The molecule has 1 amide bonds. The number of hydrogen-bond donors (Lipinski definition) is 1. The second-order valence-electron chi connectivity index (χ2n) is 6.50. The summed E-state index contributed by atoms with van der Waals surface area (Å²) < 4.78 is 85.5. The molecule has 0 fully saturated rings. The fraction of sp³-hybridized carbons (Fsp3) is 0.167. The summed E-state index contributed by atoms with van der Waals surface area (Å²) in [4.78, 5) is 15.9. The SMILES string of the molecule is Cn1nc(-c2cccc3nnsc23)c(C(F)(F)F)c1C(=O)Nc1ccnc(C(F)(F)F)c1. The molecule has 0 saturated carbocycles. The van der Waals surface area contributed by atoms with Gasteiger partial charge < -0.3 is 5.32 Å². The molecule has 14 heteroatoms. The molecule has 0 spiro atoms. The van der Waals surface area contributed by atoms with E-state index in [1.807, 2.05) is 0 Å². The van der Waals surface area contributed by atoms with E-state index in [4.69, 9.17) is 0 Å². The Morgan fingerprint density at radius 2 is 1.84 bits per heavy atom. The number of carbonyl (C=O) groups excluding carboxylic acids is 1. The van der Waals surface area contributed by atoms with E-state index >= 15 is 0 Å². The van der Waals surface area contributed by atoms with Crippen molar-refractivity contribution in [1.29, 1.82) is 0 Å². The Kier molecular flexibility index (Phi) is 5.11. The van der Waals surface area contributed by atoms with Gasteiger partial charge in [0.2, 0.25) is 0 Å². The number of nitrogens with one attached hydrogen (secondary N) is 1. The molecule has 166 valence electrons. The number of alkyl halides is 6. The smallest absolute Gasteiger partial charge is 0.321 e. The van der Waals surface area contributed by atoms with E-state index < -0.39 is 40.9 Å². The first-order valence-corrected chi connectivity index (χ1v) is 9.44. The van der Waals surface area contributed by atoms with Gasteiger partial charge in [-0.15, -0.1) is 5.10 Å². The van der Waals surface area contributed by atoms with Gasteiger partial charge in [-0.2, -0.15) is 31.4 Å². The molecular formula is C18H10F6N6OS. The maximum Gasteiger partial charge on any atom is 0.433 e. The molecule has 0 atom stereocenters. The molecule has 7 nitrogen and oxygen atoms in total. The lowest BCUT2D eigenvalue weighted by Crippen LogP contribution is -2.21. The van der Waals surface area contributed by atoms with Crippen LogP contribution in [0.1, 0.15) is 21.7 Å². The zero-order valence-electron chi connectivity index (χ0n) is 15.8. The van der Waals surface area contributed by atoms with Gasteiger partial charge in [-0.1, -0.05) is 16.6 Å². The van der Waals surface area contributed by atoms with E-state index in [9.17, 15) is 31.1 Å². The highest BCUT2D eigenvalue weighted by Gasteiger charge is 2.42. The fourth-order valence-corrected chi connectivity index (χ4v) is 3.76. The van der Waals surface area contributed by atoms with Gasteiger partial charge in [0.1, 0.15) is 28.2 Å². The van der Waals surface area contributed by atoms with Gasteiger partial charge in [0.05, 0.1) is 4.70 Å². The zero-order valence-corrected chi connectivity index (χ0v) is 16.6. The first-order chi connectivity index (χ1) is 15.0. The molecular weight excluding hydrogens is 462 g/mol. The van der Waals surface area contributed by atoms with Crippen LogP contribution < -0.4 is 5.32 Å². The van der Waals surface area contributed by atoms with E-state index in [0.29, 0.717) is 16.3 Å². The first kappa shape index (κ1) is 21.7. The van der Waals surface area contributed by atoms with Crippen molar-refractivity contribution in [3.63, 3.8) is 0 Å². The molecule has 3 aromatic heterocycles. The number of aryl methyl sites for hydroxylation is 1. The molecule has 0 radical (unpaired) electrons. The van der Waals surface area contributed by atoms with E-state index in [-0.39, 0.29) is 11.3 Å². The summed E-state index contributed by atoms with van der Waals surface area (Å²) in [6, 6.07) is 5.98. The Bertz CT molecular complexity index is 1330. The third-order valence-corrected chi connectivity index (χ3v) is 5.16. The Morgan fingerprint density at radius 3 is 2.53 bits per heavy atom. The van der Waals surface area contributed by atoms with Crippen molar-refractivity contribution in [3.05, 3.63) is 53.5 Å². The van der Waals surface area contributed by atoms with Gasteiger partial charge in [0.25, 0.3) is 5.91 Å². The minimum atomic E-state index is -4.99. The summed E-state index contributed by atoms with van der Waals surface area (Å²) in [5.74, 6) is -1.28. The van der Waals surface area contributed by atoms with Crippen molar-refractivity contribution in [2.24, 2.45) is 7.05 Å². The Labute approximate surface area is 178 Å². The average molecular weight is 472 g/mol. The van der Waals surface area contributed by atoms with Gasteiger partial charge >= 0.3 is 12.4 Å². The monoisotopic (exact) mass is 472 g/mol. The van der Waals surface area contributed by atoms with Crippen molar-refractivity contribution < 1.29 is 31.1 Å². The highest BCUT2D eigenvalue weighted by atomic mass is 32.1. The van der Waals surface area contributed by atoms with E-state index in [1.54, 1.807) is 6.07 Å². The van der Waals surface area contributed by atoms with Gasteiger partial charge in [-0.25, -0.2) is 0 Å². The first-order valence-electron chi connectivity index (χ1n) is 8.67. The largest absolute Gasteiger partial charge is 0.433 e. The molecule has 32 heavy (non-hydrogen) atoms. The number of hydrogen-bond acceptors (Lipinski definition) is 6. The summed E-state index contributed by atoms with van der Waals surface area (Å²) in [7, 11) is 1.13. The topological polar surface area (TPSA) is 85.6 Å². The Balaban J connectivity index is 1.82. The molecule has 4 rings (SSSR count). The van der Waals surface area contributed by atoms with Crippen molar-refractivity contribution in [3.8, 4) is 11.3 Å². The number of pyridine rings is 1. The number of halogens is 6. The van der Waals surface area contributed by atoms with Gasteiger partial charge in [0.15, 0.2) is 0 Å². The molecule has 0 aliphatic rings. The maximum absolute atomic E-state index is 14.0. The molecule has 1 N–H and O–H groups in total. The lowest BCUT2D eigenvalue weighted by molar-refractivity contribution is -0.141. The Morgan fingerprint density at radius 1 is 1.09 bits per heavy atom. The number of aromatic nitrogens is 5. The minimum Gasteiger partial charge on any atom is -0.321 e. The molecule has 0 saturated heterocycles. The van der Waals surface area contributed by atoms with Crippen LogP contribution in [0.25, 0.3) is 21.5 Å². The van der Waals surface area contributed by atoms with Crippen LogP contribution in [-0.2, 0) is 19.4 Å². The lowest BCUT2D eigenvalue weighted by atomic mass is 10.0. The zero-order chi connectivity index (χ0) is 23.3. The summed E-state index contributed by atoms with van der Waals surface area (Å²) in [5.41, 5.74) is -3.97. The molecule has 3 heterocycles. The van der Waals surface area contributed by atoms with Crippen LogP contribution in [-0.4, -0.2) is 30.3 Å². The molecule has 1 aromatic carbocycles. The lowest BCUT2D eigenvalue weighted by Gasteiger charge is -2.12. The molecule has 0 aliphatic heterocycles. The maximum atomic E-state index is 14.0. The summed E-state index contributed by atoms with van der Waals surface area (Å²) >= 11 is 0.866. The number of benzene rings is 1. The summed E-state index contributed by atoms with van der Waals surface area (Å²) in [6.45, 7) is 0. The standard InChI is InChI=1S/C18H10F6N6OS/c1-30-14(16(31)26-8-5-6-25-11(7-8)17(19,20)21)12(18(22,23)24)13(28-30)9-3-2-4-10-15(9)32-29-27-10/h2-7H,1H3,(H,25,26,31). The predicted octanol–water partition coefficient (Wildman–Crippen LogP) is 4.78. The second-order valence-corrected chi connectivity index (χ2v) is 7.26. The van der Waals surface area contributed by atoms with E-state index in [1.165, 1.54) is 12.1 Å². The molecule has 0 aliphatic carbocycles. The highest BCUT2D eigenvalue weighted by molar-refractivity contribution is 7.13. The Hall–Kier alpha value is -3.55. The van der Waals surface area contributed by atoms with Crippen molar-refractivity contribution >= 4 is 33.3 Å². The van der Waals surface area contributed by atoms with Crippen LogP contribution in [0.3, 0.4) is 0 Å². The van der Waals surface area contributed by atoms with E-state index in [2.05, 4.69) is 25.0 Å². The van der Waals surface area contributed by atoms with Crippen molar-refractivity contribution in [2.45, 2.75) is 12.4 Å². The second kappa shape index (κ2) is 7.55.